The molecule has 0 radical (unpaired) electrons. The smallest absolute Gasteiger partial charge is 0.232 e. The van der Waals surface area contributed by atoms with E-state index in [1.807, 2.05) is 30.3 Å². The molecular weight excluding hydrogens is 400 g/mol. The fraction of sp³-hybridized carbons (Fsp3) is 0.400. The molecule has 1 saturated carbocycles. The second-order valence-electron chi connectivity index (χ2n) is 8.28. The summed E-state index contributed by atoms with van der Waals surface area (Å²) in [6, 6.07) is 18.8. The van der Waals surface area contributed by atoms with Gasteiger partial charge in [0, 0.05) is 19.1 Å². The highest BCUT2D eigenvalue weighted by atomic mass is 16.5. The van der Waals surface area contributed by atoms with Gasteiger partial charge < -0.3 is 20.7 Å². The summed E-state index contributed by atoms with van der Waals surface area (Å²) in [7, 11) is 1.66. The molecule has 4 rings (SSSR count). The Balaban J connectivity index is 1.56. The number of anilines is 3. The number of ether oxygens (including phenoxy) is 1. The Morgan fingerprint density at radius 3 is 2.31 bits per heavy atom. The van der Waals surface area contributed by atoms with Crippen LogP contribution in [0.15, 0.2) is 54.6 Å². The van der Waals surface area contributed by atoms with E-state index in [-0.39, 0.29) is 5.95 Å². The van der Waals surface area contributed by atoms with Gasteiger partial charge in [-0.2, -0.15) is 15.0 Å². The minimum atomic E-state index is 0.235. The number of benzene rings is 2. The molecule has 7 nitrogen and oxygen atoms in total. The van der Waals surface area contributed by atoms with Crippen LogP contribution in [0.3, 0.4) is 0 Å². The fourth-order valence-corrected chi connectivity index (χ4v) is 4.23. The van der Waals surface area contributed by atoms with Gasteiger partial charge >= 0.3 is 0 Å². The van der Waals surface area contributed by atoms with Gasteiger partial charge in [0.2, 0.25) is 17.8 Å². The summed E-state index contributed by atoms with van der Waals surface area (Å²) < 4.78 is 5.23. The largest absolute Gasteiger partial charge is 0.497 e. The van der Waals surface area contributed by atoms with E-state index in [9.17, 15) is 0 Å². The number of hydrogen-bond acceptors (Lipinski definition) is 7. The predicted molar refractivity (Wildman–Crippen MR) is 129 cm³/mol. The average molecular weight is 433 g/mol. The van der Waals surface area contributed by atoms with Crippen LogP contribution in [0, 0.1) is 0 Å². The molecule has 3 N–H and O–H groups in total. The SMILES string of the molecule is COc1ccc(CNc2nc(N)nc(N(Cc3ccccc3)C3CCCCCC3)n2)cc1. The van der Waals surface area contributed by atoms with Crippen LogP contribution in [0.4, 0.5) is 17.8 Å². The van der Waals surface area contributed by atoms with E-state index in [1.54, 1.807) is 7.11 Å². The molecule has 0 bridgehead atoms. The van der Waals surface area contributed by atoms with E-state index in [4.69, 9.17) is 15.5 Å². The highest BCUT2D eigenvalue weighted by Crippen LogP contribution is 2.27. The molecule has 1 heterocycles. The number of aromatic nitrogens is 3. The fourth-order valence-electron chi connectivity index (χ4n) is 4.23. The van der Waals surface area contributed by atoms with Crippen molar-refractivity contribution in [1.82, 2.24) is 15.0 Å². The van der Waals surface area contributed by atoms with Crippen LogP contribution in [0.5, 0.6) is 5.75 Å². The van der Waals surface area contributed by atoms with Gasteiger partial charge in [-0.3, -0.25) is 0 Å². The third-order valence-corrected chi connectivity index (χ3v) is 5.97. The molecule has 1 aliphatic carbocycles. The Bertz CT molecular complexity index is 971. The number of nitrogens with zero attached hydrogens (tertiary/aromatic N) is 4. The van der Waals surface area contributed by atoms with E-state index in [1.165, 1.54) is 31.2 Å². The first-order valence-electron chi connectivity index (χ1n) is 11.4. The van der Waals surface area contributed by atoms with Gasteiger partial charge in [0.05, 0.1) is 7.11 Å². The topological polar surface area (TPSA) is 89.2 Å². The first kappa shape index (κ1) is 21.9. The number of nitrogens with one attached hydrogen (secondary N) is 1. The first-order chi connectivity index (χ1) is 15.7. The molecule has 7 heteroatoms. The predicted octanol–water partition coefficient (Wildman–Crippen LogP) is 4.80. The van der Waals surface area contributed by atoms with Crippen molar-refractivity contribution in [3.63, 3.8) is 0 Å². The number of nitrogens with two attached hydrogens (primary N) is 1. The molecule has 0 unspecified atom stereocenters. The maximum atomic E-state index is 6.11. The molecule has 2 aromatic carbocycles. The lowest BCUT2D eigenvalue weighted by Crippen LogP contribution is -2.36. The van der Waals surface area contributed by atoms with Gasteiger partial charge in [0.25, 0.3) is 0 Å². The van der Waals surface area contributed by atoms with Gasteiger partial charge in [0.1, 0.15) is 5.75 Å². The van der Waals surface area contributed by atoms with Crippen LogP contribution in [-0.4, -0.2) is 28.1 Å². The van der Waals surface area contributed by atoms with Gasteiger partial charge in [-0.15, -0.1) is 0 Å². The molecule has 0 spiro atoms. The first-order valence-corrected chi connectivity index (χ1v) is 11.4. The maximum Gasteiger partial charge on any atom is 0.232 e. The van der Waals surface area contributed by atoms with Crippen LogP contribution in [-0.2, 0) is 13.1 Å². The van der Waals surface area contributed by atoms with Crippen molar-refractivity contribution in [2.45, 2.75) is 57.7 Å². The highest BCUT2D eigenvalue weighted by Gasteiger charge is 2.24. The summed E-state index contributed by atoms with van der Waals surface area (Å²) in [5, 5.41) is 3.30. The highest BCUT2D eigenvalue weighted by molar-refractivity contribution is 5.44. The normalized spacial score (nSPS) is 14.5. The number of rotatable bonds is 8. The molecule has 0 saturated heterocycles. The van der Waals surface area contributed by atoms with Crippen LogP contribution in [0.25, 0.3) is 0 Å². The zero-order valence-corrected chi connectivity index (χ0v) is 18.7. The van der Waals surface area contributed by atoms with Crippen LogP contribution < -0.4 is 20.7 Å². The lowest BCUT2D eigenvalue weighted by molar-refractivity contribution is 0.414. The van der Waals surface area contributed by atoms with Crippen LogP contribution >= 0.6 is 0 Å². The van der Waals surface area contributed by atoms with E-state index in [0.29, 0.717) is 24.5 Å². The second-order valence-corrected chi connectivity index (χ2v) is 8.28. The Hall–Kier alpha value is -3.35. The molecule has 0 amide bonds. The second kappa shape index (κ2) is 10.8. The molecule has 1 aromatic heterocycles. The van der Waals surface area contributed by atoms with Crippen molar-refractivity contribution in [3.8, 4) is 5.75 Å². The summed E-state index contributed by atoms with van der Waals surface area (Å²) in [5.41, 5.74) is 8.46. The third kappa shape index (κ3) is 5.87. The summed E-state index contributed by atoms with van der Waals surface area (Å²) in [6.45, 7) is 1.35. The summed E-state index contributed by atoms with van der Waals surface area (Å²) >= 11 is 0. The molecule has 0 aliphatic heterocycles. The Morgan fingerprint density at radius 1 is 0.906 bits per heavy atom. The summed E-state index contributed by atoms with van der Waals surface area (Å²) in [6.07, 6.45) is 7.35. The number of nitrogen functional groups attached to an aromatic ring is 1. The molecular formula is C25H32N6O. The number of hydrogen-bond donors (Lipinski definition) is 2. The van der Waals surface area contributed by atoms with E-state index in [0.717, 1.165) is 30.7 Å². The molecule has 32 heavy (non-hydrogen) atoms. The molecule has 1 fully saturated rings. The van der Waals surface area contributed by atoms with Crippen LogP contribution in [0.2, 0.25) is 0 Å². The maximum absolute atomic E-state index is 6.11. The van der Waals surface area contributed by atoms with Gasteiger partial charge in [-0.05, 0) is 36.1 Å². The quantitative estimate of drug-likeness (QED) is 0.494. The lowest BCUT2D eigenvalue weighted by Gasteiger charge is -2.31. The van der Waals surface area contributed by atoms with Crippen molar-refractivity contribution in [1.29, 1.82) is 0 Å². The summed E-state index contributed by atoms with van der Waals surface area (Å²) in [5.74, 6) is 2.21. The molecule has 3 aromatic rings. The van der Waals surface area contributed by atoms with Crippen molar-refractivity contribution in [2.75, 3.05) is 23.1 Å². The van der Waals surface area contributed by atoms with Crippen molar-refractivity contribution >= 4 is 17.8 Å². The number of methoxy groups -OCH3 is 1. The molecule has 168 valence electrons. The third-order valence-electron chi connectivity index (χ3n) is 5.97. The van der Waals surface area contributed by atoms with Crippen molar-refractivity contribution in [3.05, 3.63) is 65.7 Å². The van der Waals surface area contributed by atoms with Crippen molar-refractivity contribution < 1.29 is 4.74 Å². The molecule has 0 atom stereocenters. The average Bonchev–Trinajstić information content (AvgIpc) is 3.11. The lowest BCUT2D eigenvalue weighted by atomic mass is 10.1. The standard InChI is InChI=1S/C25H32N6O/c1-32-22-15-13-19(14-16-22)17-27-24-28-23(26)29-25(30-24)31(18-20-9-5-4-6-10-20)21-11-7-2-3-8-12-21/h4-6,9-10,13-16,21H,2-3,7-8,11-12,17-18H2,1H3,(H3,26,27,28,29,30). The zero-order valence-electron chi connectivity index (χ0n) is 18.7. The van der Waals surface area contributed by atoms with Crippen molar-refractivity contribution in [2.24, 2.45) is 0 Å². The van der Waals surface area contributed by atoms with Gasteiger partial charge in [-0.1, -0.05) is 68.1 Å². The van der Waals surface area contributed by atoms with Crippen LogP contribution in [0.1, 0.15) is 49.7 Å². The van der Waals surface area contributed by atoms with Gasteiger partial charge in [0.15, 0.2) is 0 Å². The van der Waals surface area contributed by atoms with E-state index >= 15 is 0 Å². The Kier molecular flexibility index (Phi) is 7.38. The van der Waals surface area contributed by atoms with E-state index < -0.39 is 0 Å². The monoisotopic (exact) mass is 432 g/mol. The Labute approximate surface area is 190 Å². The Morgan fingerprint density at radius 2 is 1.62 bits per heavy atom. The van der Waals surface area contributed by atoms with E-state index in [2.05, 4.69) is 44.5 Å². The minimum Gasteiger partial charge on any atom is -0.497 e. The zero-order chi connectivity index (χ0) is 22.2. The minimum absolute atomic E-state index is 0.235. The van der Waals surface area contributed by atoms with Gasteiger partial charge in [-0.25, -0.2) is 0 Å². The molecule has 1 aliphatic rings. The summed E-state index contributed by atoms with van der Waals surface area (Å²) in [4.78, 5) is 16.0.